The first-order chi connectivity index (χ1) is 2.50. The monoisotopic (exact) mass is 72.0 g/mol. The van der Waals surface area contributed by atoms with Gasteiger partial charge in [-0.15, -0.1) is 0 Å². The predicted octanol–water partition coefficient (Wildman–Crippen LogP) is -0.0612. The van der Waals surface area contributed by atoms with Gasteiger partial charge in [0.05, 0.1) is 0 Å². The lowest BCUT2D eigenvalue weighted by Gasteiger charge is -1.76. The van der Waals surface area contributed by atoms with Gasteiger partial charge in [0, 0.05) is 0 Å². The van der Waals surface area contributed by atoms with Gasteiger partial charge in [-0.25, -0.2) is 0 Å². The highest BCUT2D eigenvalue weighted by Crippen LogP contribution is 1.83. The average molecular weight is 72.0 g/mol. The predicted molar refractivity (Wildman–Crippen MR) is 13.4 cm³/mol. The Kier molecular flexibility index (Phi) is 0.478. The molecule has 0 saturated carbocycles. The third kappa shape index (κ3) is 0.302. The van der Waals surface area contributed by atoms with E-state index in [0.29, 0.717) is 0 Å². The topological polar surface area (TPSA) is 32.6 Å². The van der Waals surface area contributed by atoms with Crippen LogP contribution < -0.4 is 5.64 Å². The first-order valence-electron chi connectivity index (χ1n) is 1.17. The standard InChI is InChI=1S/C2H2NO2/c1-2-5-3-4-1/h1-2H. The zero-order valence-corrected chi connectivity index (χ0v) is 2.42. The lowest BCUT2D eigenvalue weighted by Crippen LogP contribution is -1.87. The van der Waals surface area contributed by atoms with Gasteiger partial charge in [0.15, 0.2) is 18.2 Å². The third-order valence-corrected chi connectivity index (χ3v) is 0.263. The Morgan fingerprint density at radius 2 is 1.80 bits per heavy atom. The molecular formula is C2H2NO2. The molecule has 0 bridgehead atoms. The summed E-state index contributed by atoms with van der Waals surface area (Å²) in [6, 6.07) is 0. The van der Waals surface area contributed by atoms with E-state index in [2.05, 4.69) is 15.3 Å². The van der Waals surface area contributed by atoms with Crippen LogP contribution in [0.15, 0.2) is 12.5 Å². The van der Waals surface area contributed by atoms with Crippen molar-refractivity contribution in [1.82, 2.24) is 5.64 Å². The van der Waals surface area contributed by atoms with Crippen LogP contribution in [0.1, 0.15) is 0 Å². The van der Waals surface area contributed by atoms with E-state index in [-0.39, 0.29) is 0 Å². The smallest absolute Gasteiger partial charge is 0.186 e. The van der Waals surface area contributed by atoms with Gasteiger partial charge in [-0.05, 0) is 0 Å². The molecule has 0 fully saturated rings. The minimum absolute atomic E-state index is 1.35. The highest BCUT2D eigenvalue weighted by molar-refractivity contribution is 4.59. The maximum atomic E-state index is 4.17. The maximum Gasteiger partial charge on any atom is 0.186 e. The Hall–Kier alpha value is -0.700. The van der Waals surface area contributed by atoms with E-state index >= 15 is 0 Å². The normalized spacial score (nSPS) is 17.6. The molecule has 0 spiro atoms. The molecule has 3 heteroatoms. The number of hydrogen-bond acceptors (Lipinski definition) is 2. The van der Waals surface area contributed by atoms with Crippen molar-refractivity contribution in [2.24, 2.45) is 0 Å². The van der Waals surface area contributed by atoms with Crippen LogP contribution in [-0.4, -0.2) is 0 Å². The second kappa shape index (κ2) is 0.944. The summed E-state index contributed by atoms with van der Waals surface area (Å²) in [5.74, 6) is 0. The first kappa shape index (κ1) is 2.53. The Morgan fingerprint density at radius 3 is 2.00 bits per heavy atom. The Balaban J connectivity index is 2.32. The Labute approximate surface area is 29.1 Å². The number of rotatable bonds is 0. The molecular weight excluding hydrogens is 70.0 g/mol. The van der Waals surface area contributed by atoms with Crippen LogP contribution in [0.25, 0.3) is 0 Å². The summed E-state index contributed by atoms with van der Waals surface area (Å²) in [7, 11) is 0. The lowest BCUT2D eigenvalue weighted by atomic mass is 11.1. The molecule has 0 aliphatic carbocycles. The second-order valence-electron chi connectivity index (χ2n) is 0.558. The zero-order valence-electron chi connectivity index (χ0n) is 2.42. The molecule has 0 aromatic heterocycles. The fraction of sp³-hybridized carbons (Fsp3) is 0. The van der Waals surface area contributed by atoms with Gasteiger partial charge in [0.2, 0.25) is 0 Å². The van der Waals surface area contributed by atoms with Gasteiger partial charge in [-0.3, -0.25) is 0 Å². The van der Waals surface area contributed by atoms with Crippen LogP contribution in [0.2, 0.25) is 0 Å². The van der Waals surface area contributed by atoms with Crippen LogP contribution in [-0.2, 0) is 9.68 Å². The van der Waals surface area contributed by atoms with Crippen LogP contribution >= 0.6 is 0 Å². The minimum Gasteiger partial charge on any atom is -0.357 e. The van der Waals surface area contributed by atoms with E-state index in [4.69, 9.17) is 0 Å². The summed E-state index contributed by atoms with van der Waals surface area (Å²) >= 11 is 0. The van der Waals surface area contributed by atoms with Crippen LogP contribution in [0.4, 0.5) is 0 Å². The van der Waals surface area contributed by atoms with E-state index in [1.807, 2.05) is 0 Å². The van der Waals surface area contributed by atoms with Gasteiger partial charge >= 0.3 is 0 Å². The van der Waals surface area contributed by atoms with Crippen molar-refractivity contribution < 1.29 is 9.68 Å². The van der Waals surface area contributed by atoms with Crippen LogP contribution in [0, 0.1) is 0 Å². The summed E-state index contributed by atoms with van der Waals surface area (Å²) in [6.45, 7) is 0. The van der Waals surface area contributed by atoms with Gasteiger partial charge in [0.1, 0.15) is 0 Å². The molecule has 5 heavy (non-hydrogen) atoms. The first-order valence-corrected chi connectivity index (χ1v) is 1.17. The molecule has 0 saturated heterocycles. The van der Waals surface area contributed by atoms with Crippen molar-refractivity contribution in [1.29, 1.82) is 0 Å². The van der Waals surface area contributed by atoms with Crippen molar-refractivity contribution >= 4 is 0 Å². The van der Waals surface area contributed by atoms with E-state index < -0.39 is 0 Å². The number of hydrogen-bond donors (Lipinski definition) is 0. The lowest BCUT2D eigenvalue weighted by molar-refractivity contribution is -0.0595. The minimum atomic E-state index is 1.35. The Bertz CT molecular complexity index is 45.6. The molecule has 0 amide bonds. The van der Waals surface area contributed by atoms with Crippen molar-refractivity contribution in [2.45, 2.75) is 0 Å². The molecule has 1 aliphatic rings. The molecule has 1 rings (SSSR count). The summed E-state index contributed by atoms with van der Waals surface area (Å²) < 4.78 is 0. The van der Waals surface area contributed by atoms with Gasteiger partial charge < -0.3 is 9.68 Å². The Morgan fingerprint density at radius 1 is 1.20 bits per heavy atom. The molecule has 3 nitrogen and oxygen atoms in total. The fourth-order valence-electron chi connectivity index (χ4n) is 0.124. The van der Waals surface area contributed by atoms with Crippen molar-refractivity contribution in [3.05, 3.63) is 12.5 Å². The zero-order chi connectivity index (χ0) is 3.54. The second-order valence-corrected chi connectivity index (χ2v) is 0.558. The van der Waals surface area contributed by atoms with Gasteiger partial charge in [0.25, 0.3) is 0 Å². The van der Waals surface area contributed by atoms with Crippen molar-refractivity contribution in [2.75, 3.05) is 0 Å². The van der Waals surface area contributed by atoms with E-state index in [0.717, 1.165) is 0 Å². The summed E-state index contributed by atoms with van der Waals surface area (Å²) in [6.07, 6.45) is 2.69. The maximum absolute atomic E-state index is 4.17. The molecule has 1 heterocycles. The molecule has 0 unspecified atom stereocenters. The molecule has 0 atom stereocenters. The highest BCUT2D eigenvalue weighted by atomic mass is 16.9. The summed E-state index contributed by atoms with van der Waals surface area (Å²) in [5.41, 5.74) is 2.97. The van der Waals surface area contributed by atoms with Gasteiger partial charge in [-0.2, -0.15) is 0 Å². The van der Waals surface area contributed by atoms with Crippen LogP contribution in [0.5, 0.6) is 0 Å². The SMILES string of the molecule is C1=CO[N]O1. The highest BCUT2D eigenvalue weighted by Gasteiger charge is 1.85. The molecule has 0 N–H and O–H groups in total. The van der Waals surface area contributed by atoms with E-state index in [1.54, 1.807) is 0 Å². The van der Waals surface area contributed by atoms with Crippen molar-refractivity contribution in [3.8, 4) is 0 Å². The van der Waals surface area contributed by atoms with E-state index in [1.165, 1.54) is 12.5 Å². The molecule has 1 aliphatic heterocycles. The fourth-order valence-corrected chi connectivity index (χ4v) is 0.124. The largest absolute Gasteiger partial charge is 0.357 e. The number of nitrogens with zero attached hydrogens (tertiary/aromatic N) is 1. The molecule has 27 valence electrons. The quantitative estimate of drug-likeness (QED) is 0.401. The third-order valence-electron chi connectivity index (χ3n) is 0.263. The van der Waals surface area contributed by atoms with Crippen LogP contribution in [0.3, 0.4) is 0 Å². The molecule has 0 aromatic rings. The summed E-state index contributed by atoms with van der Waals surface area (Å²) in [5, 5.41) is 0. The van der Waals surface area contributed by atoms with E-state index in [9.17, 15) is 0 Å². The van der Waals surface area contributed by atoms with Gasteiger partial charge in [-0.1, -0.05) is 0 Å². The average Bonchev–Trinajstić information content (AvgIpc) is 1.76. The molecule has 0 aromatic carbocycles. The van der Waals surface area contributed by atoms with Crippen molar-refractivity contribution in [3.63, 3.8) is 0 Å². The summed E-state index contributed by atoms with van der Waals surface area (Å²) in [4.78, 5) is 8.33. The molecule has 1 radical (unpaired) electrons.